The summed E-state index contributed by atoms with van der Waals surface area (Å²) >= 11 is 1.29. The highest BCUT2D eigenvalue weighted by molar-refractivity contribution is 7.12. The monoisotopic (exact) mass is 526 g/mol. The maximum absolute atomic E-state index is 13.4. The lowest BCUT2D eigenvalue weighted by Crippen LogP contribution is -2.21. The second-order valence-electron chi connectivity index (χ2n) is 8.92. The SMILES string of the molecule is COC(=O)c1c(CC(=O)[C@H]2CC2(F)F)sc2c1C[C@@H](n1cnnc1Nc1cc(C(F)F)nn1C)CC2. The summed E-state index contributed by atoms with van der Waals surface area (Å²) in [7, 11) is 2.76. The fourth-order valence-corrected chi connectivity index (χ4v) is 5.94. The molecule has 9 nitrogen and oxygen atoms in total. The lowest BCUT2D eigenvalue weighted by Gasteiger charge is -2.25. The zero-order chi connectivity index (χ0) is 25.8. The van der Waals surface area contributed by atoms with Crippen LogP contribution in [-0.2, 0) is 35.8 Å². The highest BCUT2D eigenvalue weighted by Crippen LogP contribution is 2.50. The van der Waals surface area contributed by atoms with Crippen LogP contribution >= 0.6 is 11.3 Å². The molecule has 1 N–H and O–H groups in total. The molecule has 0 aliphatic heterocycles. The molecule has 3 heterocycles. The third-order valence-corrected chi connectivity index (χ3v) is 7.87. The van der Waals surface area contributed by atoms with E-state index >= 15 is 0 Å². The molecule has 2 aliphatic carbocycles. The molecule has 0 bridgehead atoms. The summed E-state index contributed by atoms with van der Waals surface area (Å²) in [4.78, 5) is 26.4. The van der Waals surface area contributed by atoms with Crippen molar-refractivity contribution in [1.82, 2.24) is 24.5 Å². The number of rotatable bonds is 8. The van der Waals surface area contributed by atoms with Gasteiger partial charge in [0.2, 0.25) is 5.95 Å². The molecule has 0 amide bonds. The Morgan fingerprint density at radius 1 is 1.36 bits per heavy atom. The van der Waals surface area contributed by atoms with Gasteiger partial charge in [-0.05, 0) is 24.8 Å². The maximum atomic E-state index is 13.4. The third kappa shape index (κ3) is 4.38. The number of aryl methyl sites for hydroxylation is 2. The number of methoxy groups -OCH3 is 1. The van der Waals surface area contributed by atoms with Gasteiger partial charge in [-0.3, -0.25) is 14.0 Å². The van der Waals surface area contributed by atoms with E-state index in [4.69, 9.17) is 4.74 Å². The quantitative estimate of drug-likeness (QED) is 0.349. The number of nitrogens with zero attached hydrogens (tertiary/aromatic N) is 5. The summed E-state index contributed by atoms with van der Waals surface area (Å²) in [5, 5.41) is 14.8. The zero-order valence-electron chi connectivity index (χ0n) is 19.3. The van der Waals surface area contributed by atoms with Crippen LogP contribution < -0.4 is 5.32 Å². The molecule has 0 aromatic carbocycles. The van der Waals surface area contributed by atoms with E-state index < -0.39 is 36.4 Å². The molecule has 0 radical (unpaired) electrons. The van der Waals surface area contributed by atoms with Crippen molar-refractivity contribution in [2.45, 2.75) is 50.5 Å². The molecule has 5 rings (SSSR count). The van der Waals surface area contributed by atoms with E-state index in [2.05, 4.69) is 20.6 Å². The minimum absolute atomic E-state index is 0.188. The molecule has 0 unspecified atom stereocenters. The summed E-state index contributed by atoms with van der Waals surface area (Å²) in [6.45, 7) is 0. The number of nitrogens with one attached hydrogen (secondary N) is 1. The topological polar surface area (TPSA) is 104 Å². The van der Waals surface area contributed by atoms with Gasteiger partial charge in [0.1, 0.15) is 23.6 Å². The van der Waals surface area contributed by atoms with Gasteiger partial charge in [0.15, 0.2) is 0 Å². The van der Waals surface area contributed by atoms with Crippen LogP contribution in [0, 0.1) is 5.92 Å². The van der Waals surface area contributed by atoms with E-state index in [0.29, 0.717) is 41.5 Å². The van der Waals surface area contributed by atoms with Crippen molar-refractivity contribution in [2.24, 2.45) is 13.0 Å². The predicted octanol–water partition coefficient (Wildman–Crippen LogP) is 4.04. The van der Waals surface area contributed by atoms with Gasteiger partial charge >= 0.3 is 5.97 Å². The Morgan fingerprint density at radius 2 is 2.11 bits per heavy atom. The number of hydrogen-bond donors (Lipinski definition) is 1. The Hall–Kier alpha value is -3.29. The lowest BCUT2D eigenvalue weighted by atomic mass is 9.90. The second kappa shape index (κ2) is 8.98. The number of alkyl halides is 4. The van der Waals surface area contributed by atoms with Crippen LogP contribution in [0.25, 0.3) is 0 Å². The molecule has 2 atom stereocenters. The van der Waals surface area contributed by atoms with Crippen molar-refractivity contribution in [3.05, 3.63) is 39.0 Å². The van der Waals surface area contributed by atoms with Crippen LogP contribution in [0.15, 0.2) is 12.4 Å². The Labute approximate surface area is 206 Å². The number of hydrogen-bond acceptors (Lipinski definition) is 8. The molecule has 14 heteroatoms. The van der Waals surface area contributed by atoms with Gasteiger partial charge in [-0.1, -0.05) is 0 Å². The number of Topliss-reactive ketones (excluding diaryl/α,β-unsaturated/α-hetero) is 1. The van der Waals surface area contributed by atoms with E-state index in [1.807, 2.05) is 0 Å². The number of ether oxygens (including phenoxy) is 1. The number of anilines is 2. The summed E-state index contributed by atoms with van der Waals surface area (Å²) < 4.78 is 60.8. The molecule has 3 aromatic heterocycles. The number of carbonyl (C=O) groups is 2. The number of carbonyl (C=O) groups excluding carboxylic acids is 2. The predicted molar refractivity (Wildman–Crippen MR) is 120 cm³/mol. The summed E-state index contributed by atoms with van der Waals surface area (Å²) in [5.41, 5.74) is 0.601. The van der Waals surface area contributed by atoms with Gasteiger partial charge in [-0.15, -0.1) is 21.5 Å². The lowest BCUT2D eigenvalue weighted by molar-refractivity contribution is -0.121. The van der Waals surface area contributed by atoms with Gasteiger partial charge in [0.05, 0.1) is 18.6 Å². The van der Waals surface area contributed by atoms with Gasteiger partial charge in [0.25, 0.3) is 12.3 Å². The molecular weight excluding hydrogens is 504 g/mol. The number of ketones is 1. The molecule has 0 spiro atoms. The summed E-state index contributed by atoms with van der Waals surface area (Å²) in [6.07, 6.45) is -0.269. The first-order chi connectivity index (χ1) is 17.1. The van der Waals surface area contributed by atoms with Crippen LogP contribution in [0.4, 0.5) is 29.3 Å². The third-order valence-electron chi connectivity index (χ3n) is 6.58. The van der Waals surface area contributed by atoms with E-state index in [1.165, 1.54) is 42.6 Å². The number of esters is 1. The molecule has 192 valence electrons. The van der Waals surface area contributed by atoms with Crippen molar-refractivity contribution < 1.29 is 31.9 Å². The molecular formula is C22H22F4N6O3S. The highest BCUT2D eigenvalue weighted by atomic mass is 32.1. The van der Waals surface area contributed by atoms with Crippen molar-refractivity contribution >= 4 is 34.9 Å². The van der Waals surface area contributed by atoms with E-state index in [1.54, 1.807) is 4.57 Å². The van der Waals surface area contributed by atoms with Gasteiger partial charge in [-0.2, -0.15) is 5.10 Å². The largest absolute Gasteiger partial charge is 0.465 e. The maximum Gasteiger partial charge on any atom is 0.339 e. The van der Waals surface area contributed by atoms with E-state index in [-0.39, 0.29) is 23.7 Å². The Balaban J connectivity index is 1.40. The number of thiophene rings is 1. The molecule has 36 heavy (non-hydrogen) atoms. The van der Waals surface area contributed by atoms with E-state index in [9.17, 15) is 27.2 Å². The summed E-state index contributed by atoms with van der Waals surface area (Å²) in [5.74, 6) is -4.84. The number of fused-ring (bicyclic) bond motifs is 1. The fraction of sp³-hybridized carbons (Fsp3) is 0.500. The normalized spacial score (nSPS) is 20.3. The molecule has 2 aliphatic rings. The Morgan fingerprint density at radius 3 is 2.75 bits per heavy atom. The molecule has 3 aromatic rings. The average Bonchev–Trinajstić information content (AvgIpc) is 3.21. The van der Waals surface area contributed by atoms with Gasteiger partial charge in [0, 0.05) is 41.8 Å². The molecule has 1 fully saturated rings. The molecule has 0 saturated heterocycles. The van der Waals surface area contributed by atoms with Crippen LogP contribution in [0.1, 0.15) is 56.7 Å². The fourth-order valence-electron chi connectivity index (χ4n) is 4.59. The zero-order valence-corrected chi connectivity index (χ0v) is 20.1. The van der Waals surface area contributed by atoms with Gasteiger partial charge < -0.3 is 10.1 Å². The number of halogens is 4. The van der Waals surface area contributed by atoms with Crippen LogP contribution in [0.2, 0.25) is 0 Å². The van der Waals surface area contributed by atoms with Crippen molar-refractivity contribution in [3.8, 4) is 0 Å². The summed E-state index contributed by atoms with van der Waals surface area (Å²) in [6, 6.07) is 1.04. The average molecular weight is 527 g/mol. The molecule has 1 saturated carbocycles. The van der Waals surface area contributed by atoms with E-state index in [0.717, 1.165) is 4.88 Å². The second-order valence-corrected chi connectivity index (χ2v) is 10.1. The Kier molecular flexibility index (Phi) is 6.09. The number of aromatic nitrogens is 5. The minimum atomic E-state index is -2.97. The first-order valence-electron chi connectivity index (χ1n) is 11.2. The smallest absolute Gasteiger partial charge is 0.339 e. The standard InChI is InChI=1S/C22H22F4N6O3S/c1-31-17(6-13(30-31)19(23)24)28-21-29-27-9-32(21)10-3-4-15-11(5-10)18(20(34)35-2)16(36-15)7-14(33)12-8-22(12,25)26/h6,9-10,12,19H,3-5,7-8H2,1-2H3,(H,28,29)/t10-,12+/m0/s1. The Bertz CT molecular complexity index is 1330. The van der Waals surface area contributed by atoms with Crippen LogP contribution in [0.3, 0.4) is 0 Å². The van der Waals surface area contributed by atoms with Gasteiger partial charge in [-0.25, -0.2) is 22.4 Å². The van der Waals surface area contributed by atoms with Crippen molar-refractivity contribution in [1.29, 1.82) is 0 Å². The highest BCUT2D eigenvalue weighted by Gasteiger charge is 2.60. The first kappa shape index (κ1) is 24.4. The van der Waals surface area contributed by atoms with Crippen LogP contribution in [-0.4, -0.2) is 49.3 Å². The minimum Gasteiger partial charge on any atom is -0.465 e. The van der Waals surface area contributed by atoms with Crippen molar-refractivity contribution in [2.75, 3.05) is 12.4 Å². The van der Waals surface area contributed by atoms with Crippen molar-refractivity contribution in [3.63, 3.8) is 0 Å². The first-order valence-corrected chi connectivity index (χ1v) is 12.0. The van der Waals surface area contributed by atoms with Crippen LogP contribution in [0.5, 0.6) is 0 Å².